The largest absolute Gasteiger partial charge is 0.297 e. The molecule has 0 saturated carbocycles. The summed E-state index contributed by atoms with van der Waals surface area (Å²) in [6.45, 7) is 2.86. The van der Waals surface area contributed by atoms with Crippen molar-refractivity contribution < 1.29 is 8.42 Å². The lowest BCUT2D eigenvalue weighted by atomic mass is 10.2. The minimum absolute atomic E-state index is 0.0179. The highest BCUT2D eigenvalue weighted by atomic mass is 79.9. The highest BCUT2D eigenvalue weighted by Crippen LogP contribution is 2.26. The molecule has 2 aliphatic heterocycles. The maximum atomic E-state index is 12.7. The van der Waals surface area contributed by atoms with Crippen LogP contribution in [0.5, 0.6) is 0 Å². The fraction of sp³-hybridized carbons (Fsp3) is 0.600. The van der Waals surface area contributed by atoms with Gasteiger partial charge < -0.3 is 0 Å². The molecule has 2 heterocycles. The first-order chi connectivity index (χ1) is 11.0. The quantitative estimate of drug-likeness (QED) is 0.723. The average molecular weight is 440 g/mol. The third kappa shape index (κ3) is 4.44. The Hall–Kier alpha value is 0.210. The Morgan fingerprint density at radius 3 is 2.61 bits per heavy atom. The summed E-state index contributed by atoms with van der Waals surface area (Å²) < 4.78 is 27.7. The number of hydrogen-bond donors (Lipinski definition) is 0. The number of halogens is 2. The van der Waals surface area contributed by atoms with E-state index in [-0.39, 0.29) is 5.75 Å². The van der Waals surface area contributed by atoms with Crippen molar-refractivity contribution in [3.8, 4) is 0 Å². The van der Waals surface area contributed by atoms with Gasteiger partial charge in [-0.15, -0.1) is 0 Å². The summed E-state index contributed by atoms with van der Waals surface area (Å²) >= 11 is 11.3. The zero-order valence-corrected chi connectivity index (χ0v) is 16.7. The molecule has 128 valence electrons. The minimum atomic E-state index is -3.29. The van der Waals surface area contributed by atoms with Gasteiger partial charge in [0.05, 0.1) is 5.75 Å². The standard InChI is InChI=1S/C15H20BrClN2O2S2/c16-15-9-13(17)2-1-12(15)11-23(20,21)19-6-4-18(5-7-19)14-3-8-22-10-14/h1-2,9,14H,3-8,10-11H2/t14-/m0/s1. The van der Waals surface area contributed by atoms with Crippen molar-refractivity contribution >= 4 is 49.3 Å². The SMILES string of the molecule is O=S(=O)(Cc1ccc(Cl)cc1Br)N1CCN([C@H]2CCSC2)CC1. The zero-order valence-electron chi connectivity index (χ0n) is 12.7. The smallest absolute Gasteiger partial charge is 0.218 e. The van der Waals surface area contributed by atoms with Gasteiger partial charge in [-0.3, -0.25) is 4.90 Å². The number of hydrogen-bond acceptors (Lipinski definition) is 4. The van der Waals surface area contributed by atoms with E-state index in [9.17, 15) is 8.42 Å². The summed E-state index contributed by atoms with van der Waals surface area (Å²) in [6.07, 6.45) is 1.23. The number of piperazine rings is 1. The molecule has 0 spiro atoms. The Morgan fingerprint density at radius 1 is 1.26 bits per heavy atom. The first-order valence-electron chi connectivity index (χ1n) is 7.69. The van der Waals surface area contributed by atoms with Gasteiger partial charge in [0.25, 0.3) is 0 Å². The lowest BCUT2D eigenvalue weighted by Crippen LogP contribution is -2.52. The van der Waals surface area contributed by atoms with E-state index in [4.69, 9.17) is 11.6 Å². The molecule has 0 aliphatic carbocycles. The van der Waals surface area contributed by atoms with E-state index < -0.39 is 10.0 Å². The molecule has 4 nitrogen and oxygen atoms in total. The predicted molar refractivity (Wildman–Crippen MR) is 101 cm³/mol. The molecule has 1 atom stereocenters. The predicted octanol–water partition coefficient (Wildman–Crippen LogP) is 3.06. The van der Waals surface area contributed by atoms with E-state index >= 15 is 0 Å². The molecule has 2 saturated heterocycles. The molecule has 1 aromatic rings. The molecule has 8 heteroatoms. The fourth-order valence-electron chi connectivity index (χ4n) is 3.08. The second kappa shape index (κ2) is 7.62. The van der Waals surface area contributed by atoms with E-state index in [1.54, 1.807) is 22.5 Å². The number of benzene rings is 1. The van der Waals surface area contributed by atoms with Gasteiger partial charge in [0.15, 0.2) is 0 Å². The van der Waals surface area contributed by atoms with Crippen LogP contribution in [0.1, 0.15) is 12.0 Å². The van der Waals surface area contributed by atoms with E-state index in [0.717, 1.165) is 23.1 Å². The lowest BCUT2D eigenvalue weighted by Gasteiger charge is -2.37. The Bertz CT molecular complexity index is 657. The summed E-state index contributed by atoms with van der Waals surface area (Å²) in [7, 11) is -3.29. The van der Waals surface area contributed by atoms with Crippen LogP contribution < -0.4 is 0 Å². The molecule has 0 unspecified atom stereocenters. The van der Waals surface area contributed by atoms with E-state index in [1.165, 1.54) is 17.9 Å². The van der Waals surface area contributed by atoms with Crippen LogP contribution in [0.2, 0.25) is 5.02 Å². The highest BCUT2D eigenvalue weighted by molar-refractivity contribution is 9.10. The number of rotatable bonds is 4. The van der Waals surface area contributed by atoms with Crippen LogP contribution in [-0.2, 0) is 15.8 Å². The molecule has 0 aromatic heterocycles. The summed E-state index contributed by atoms with van der Waals surface area (Å²) in [5.41, 5.74) is 0.754. The molecule has 2 aliphatic rings. The van der Waals surface area contributed by atoms with Gasteiger partial charge in [-0.05, 0) is 29.9 Å². The number of sulfonamides is 1. The highest BCUT2D eigenvalue weighted by Gasteiger charge is 2.31. The maximum Gasteiger partial charge on any atom is 0.218 e. The molecule has 1 aromatic carbocycles. The summed E-state index contributed by atoms with van der Waals surface area (Å²) in [4.78, 5) is 2.45. The Labute approximate surface area is 155 Å². The molecule has 2 fully saturated rings. The molecule has 0 bridgehead atoms. The molecule has 3 rings (SSSR count). The molecule has 0 radical (unpaired) electrons. The Balaban J connectivity index is 1.62. The minimum Gasteiger partial charge on any atom is -0.297 e. The first-order valence-corrected chi connectivity index (χ1v) is 11.6. The van der Waals surface area contributed by atoms with Crippen LogP contribution in [0.15, 0.2) is 22.7 Å². The molecule has 23 heavy (non-hydrogen) atoms. The number of thioether (sulfide) groups is 1. The Morgan fingerprint density at radius 2 is 2.00 bits per heavy atom. The van der Waals surface area contributed by atoms with Crippen LogP contribution in [-0.4, -0.2) is 61.3 Å². The molecule has 0 amide bonds. The van der Waals surface area contributed by atoms with Crippen molar-refractivity contribution in [3.63, 3.8) is 0 Å². The second-order valence-electron chi connectivity index (χ2n) is 5.94. The molecule has 0 N–H and O–H groups in total. The van der Waals surface area contributed by atoms with E-state index in [2.05, 4.69) is 20.8 Å². The van der Waals surface area contributed by atoms with Crippen LogP contribution in [0, 0.1) is 0 Å². The topological polar surface area (TPSA) is 40.6 Å². The van der Waals surface area contributed by atoms with E-state index in [0.29, 0.717) is 24.2 Å². The van der Waals surface area contributed by atoms with Gasteiger partial charge in [0.1, 0.15) is 0 Å². The Kier molecular flexibility index (Phi) is 5.97. The average Bonchev–Trinajstić information content (AvgIpc) is 3.05. The third-order valence-electron chi connectivity index (χ3n) is 4.44. The summed E-state index contributed by atoms with van der Waals surface area (Å²) in [5, 5.41) is 0.598. The summed E-state index contributed by atoms with van der Waals surface area (Å²) in [5.74, 6) is 2.43. The zero-order chi connectivity index (χ0) is 16.4. The van der Waals surface area contributed by atoms with Crippen molar-refractivity contribution in [2.45, 2.75) is 18.2 Å². The second-order valence-corrected chi connectivity index (χ2v) is 10.4. The van der Waals surface area contributed by atoms with Gasteiger partial charge in [0.2, 0.25) is 10.0 Å². The molecular weight excluding hydrogens is 420 g/mol. The van der Waals surface area contributed by atoms with Gasteiger partial charge in [-0.25, -0.2) is 8.42 Å². The maximum absolute atomic E-state index is 12.7. The van der Waals surface area contributed by atoms with Crippen LogP contribution in [0.3, 0.4) is 0 Å². The first kappa shape index (κ1) is 18.0. The number of nitrogens with zero attached hydrogens (tertiary/aromatic N) is 2. The lowest BCUT2D eigenvalue weighted by molar-refractivity contribution is 0.148. The van der Waals surface area contributed by atoms with Crippen molar-refractivity contribution in [3.05, 3.63) is 33.3 Å². The van der Waals surface area contributed by atoms with Crippen LogP contribution >= 0.6 is 39.3 Å². The van der Waals surface area contributed by atoms with E-state index in [1.807, 2.05) is 11.8 Å². The van der Waals surface area contributed by atoms with Crippen LogP contribution in [0.25, 0.3) is 0 Å². The van der Waals surface area contributed by atoms with Gasteiger partial charge >= 0.3 is 0 Å². The normalized spacial score (nSPS) is 24.2. The molecular formula is C15H20BrClN2O2S2. The monoisotopic (exact) mass is 438 g/mol. The fourth-order valence-corrected chi connectivity index (χ4v) is 6.89. The summed E-state index contributed by atoms with van der Waals surface area (Å²) in [6, 6.07) is 5.88. The van der Waals surface area contributed by atoms with Gasteiger partial charge in [0, 0.05) is 47.5 Å². The van der Waals surface area contributed by atoms with Crippen molar-refractivity contribution in [2.75, 3.05) is 37.7 Å². The van der Waals surface area contributed by atoms with Crippen LogP contribution in [0.4, 0.5) is 0 Å². The van der Waals surface area contributed by atoms with Crippen molar-refractivity contribution in [1.82, 2.24) is 9.21 Å². The van der Waals surface area contributed by atoms with Crippen molar-refractivity contribution in [1.29, 1.82) is 0 Å². The van der Waals surface area contributed by atoms with Gasteiger partial charge in [-0.2, -0.15) is 16.1 Å². The third-order valence-corrected chi connectivity index (χ3v) is 8.39. The van der Waals surface area contributed by atoms with Gasteiger partial charge in [-0.1, -0.05) is 33.6 Å². The van der Waals surface area contributed by atoms with Crippen molar-refractivity contribution in [2.24, 2.45) is 0 Å².